The van der Waals surface area contributed by atoms with Gasteiger partial charge in [0.2, 0.25) is 0 Å². The number of aryl methyl sites for hydroxylation is 1. The fourth-order valence-electron chi connectivity index (χ4n) is 4.78. The van der Waals surface area contributed by atoms with E-state index in [2.05, 4.69) is 43.3 Å². The Hall–Kier alpha value is -2.09. The Labute approximate surface area is 178 Å². The summed E-state index contributed by atoms with van der Waals surface area (Å²) in [4.78, 5) is 4.77. The number of nitrogens with zero attached hydrogens (tertiary/aromatic N) is 1. The van der Waals surface area contributed by atoms with Crippen LogP contribution in [0.15, 0.2) is 47.5 Å². The number of hydrogen-bond donors (Lipinski definition) is 0. The van der Waals surface area contributed by atoms with Gasteiger partial charge in [0.25, 0.3) is 0 Å². The fourth-order valence-corrected chi connectivity index (χ4v) is 4.78. The lowest BCUT2D eigenvalue weighted by atomic mass is 9.67. The maximum atomic E-state index is 8.81. The van der Waals surface area contributed by atoms with Crippen LogP contribution in [0.25, 0.3) is 0 Å². The third-order valence-electron chi connectivity index (χ3n) is 6.26. The molecule has 1 unspecified atom stereocenters. The Morgan fingerprint density at radius 2 is 1.79 bits per heavy atom. The monoisotopic (exact) mass is 393 g/mol. The minimum atomic E-state index is -0.167. The first kappa shape index (κ1) is 20.2. The van der Waals surface area contributed by atoms with Crippen LogP contribution in [0, 0.1) is 12.8 Å². The summed E-state index contributed by atoms with van der Waals surface area (Å²) < 4.78 is 14.8. The lowest BCUT2D eigenvalue weighted by Crippen LogP contribution is -2.33. The van der Waals surface area contributed by atoms with E-state index in [1.54, 1.807) is 0 Å². The molecule has 0 saturated heterocycles. The van der Waals surface area contributed by atoms with E-state index in [0.29, 0.717) is 5.92 Å². The third-order valence-corrected chi connectivity index (χ3v) is 6.26. The van der Waals surface area contributed by atoms with Crippen molar-refractivity contribution in [2.45, 2.75) is 78.5 Å². The number of para-hydroxylation sites is 1. The van der Waals surface area contributed by atoms with Crippen LogP contribution in [0.5, 0.6) is 5.75 Å². The van der Waals surface area contributed by atoms with Crippen LogP contribution < -0.4 is 4.74 Å². The molecule has 0 bridgehead atoms. The highest BCUT2D eigenvalue weighted by atomic mass is 16.5. The molecule has 2 heteroatoms. The van der Waals surface area contributed by atoms with E-state index in [9.17, 15) is 0 Å². The second kappa shape index (κ2) is 9.61. The van der Waals surface area contributed by atoms with Gasteiger partial charge in [-0.25, -0.2) is 0 Å². The average Bonchev–Trinajstić information content (AvgIpc) is 3.38. The highest BCUT2D eigenvalue weighted by Gasteiger charge is 2.43. The topological polar surface area (TPSA) is 21.6 Å². The molecule has 1 spiro atoms. The van der Waals surface area contributed by atoms with Gasteiger partial charge in [0.15, 0.2) is 0 Å². The zero-order valence-electron chi connectivity index (χ0n) is 19.8. The molecule has 156 valence electrons. The predicted molar refractivity (Wildman–Crippen MR) is 125 cm³/mol. The molecular weight excluding hydrogens is 354 g/mol. The second-order valence-electron chi connectivity index (χ2n) is 7.98. The summed E-state index contributed by atoms with van der Waals surface area (Å²) in [7, 11) is 0. The van der Waals surface area contributed by atoms with E-state index in [0.717, 1.165) is 55.9 Å². The van der Waals surface area contributed by atoms with Crippen molar-refractivity contribution in [3.63, 3.8) is 0 Å². The van der Waals surface area contributed by atoms with Gasteiger partial charge in [0.05, 0.1) is 12.3 Å². The summed E-state index contributed by atoms with van der Waals surface area (Å²) in [5, 5.41) is 0. The summed E-state index contributed by atoms with van der Waals surface area (Å²) in [5.41, 5.74) is 6.25. The van der Waals surface area contributed by atoms with Gasteiger partial charge in [0, 0.05) is 24.5 Å². The highest BCUT2D eigenvalue weighted by molar-refractivity contribution is 5.94. The molecule has 1 atom stereocenters. The SMILES string of the molecule is CC.CC.[3H]C(C1=Nc2ccccc2C1)C1CCC2(CC1)COc1cc(C)ccc12. The van der Waals surface area contributed by atoms with Gasteiger partial charge in [-0.2, -0.15) is 0 Å². The van der Waals surface area contributed by atoms with Gasteiger partial charge < -0.3 is 4.74 Å². The third kappa shape index (κ3) is 4.42. The molecule has 1 fully saturated rings. The van der Waals surface area contributed by atoms with Crippen LogP contribution in [-0.4, -0.2) is 12.3 Å². The van der Waals surface area contributed by atoms with Crippen molar-refractivity contribution in [2.75, 3.05) is 6.61 Å². The molecule has 1 saturated carbocycles. The largest absolute Gasteiger partial charge is 0.492 e. The van der Waals surface area contributed by atoms with Crippen molar-refractivity contribution in [1.29, 1.82) is 0 Å². The molecule has 0 amide bonds. The van der Waals surface area contributed by atoms with Crippen molar-refractivity contribution in [1.82, 2.24) is 0 Å². The van der Waals surface area contributed by atoms with Crippen LogP contribution in [0.3, 0.4) is 0 Å². The Balaban J connectivity index is 0.000000606. The summed E-state index contributed by atoms with van der Waals surface area (Å²) >= 11 is 0. The number of aliphatic imine (C=N–C) groups is 1. The van der Waals surface area contributed by atoms with Crippen molar-refractivity contribution >= 4 is 11.4 Å². The number of fused-ring (bicyclic) bond motifs is 3. The molecule has 0 radical (unpaired) electrons. The molecule has 0 aromatic heterocycles. The normalized spacial score (nSPS) is 25.2. The second-order valence-corrected chi connectivity index (χ2v) is 7.98. The van der Waals surface area contributed by atoms with Crippen LogP contribution in [0.2, 0.25) is 0 Å². The van der Waals surface area contributed by atoms with E-state index in [1.807, 2.05) is 33.8 Å². The van der Waals surface area contributed by atoms with E-state index in [1.165, 1.54) is 16.7 Å². The molecule has 2 heterocycles. The van der Waals surface area contributed by atoms with Crippen molar-refractivity contribution in [3.8, 4) is 5.75 Å². The minimum Gasteiger partial charge on any atom is -0.492 e. The molecule has 29 heavy (non-hydrogen) atoms. The smallest absolute Gasteiger partial charge is 0.123 e. The van der Waals surface area contributed by atoms with E-state index < -0.39 is 0 Å². The van der Waals surface area contributed by atoms with Gasteiger partial charge >= 0.3 is 0 Å². The lowest BCUT2D eigenvalue weighted by Gasteiger charge is -2.36. The van der Waals surface area contributed by atoms with Crippen molar-refractivity contribution in [3.05, 3.63) is 59.2 Å². The van der Waals surface area contributed by atoms with E-state index in [-0.39, 0.29) is 11.8 Å². The first-order valence-electron chi connectivity index (χ1n) is 12.0. The Kier molecular flexibility index (Phi) is 6.69. The molecule has 2 aromatic rings. The molecule has 1 aliphatic carbocycles. The van der Waals surface area contributed by atoms with Gasteiger partial charge in [0.1, 0.15) is 5.75 Å². The minimum absolute atomic E-state index is 0.167. The summed E-state index contributed by atoms with van der Waals surface area (Å²) in [5.74, 6) is 1.50. The average molecular weight is 394 g/mol. The molecule has 2 aromatic carbocycles. The van der Waals surface area contributed by atoms with Crippen molar-refractivity contribution in [2.24, 2.45) is 10.9 Å². The van der Waals surface area contributed by atoms with Crippen LogP contribution >= 0.6 is 0 Å². The lowest BCUT2D eigenvalue weighted by molar-refractivity contribution is 0.183. The standard InChI is InChI=1S/C23H25NO.2C2H6/c1-16-6-7-20-22(12-16)25-15-23(20)10-8-17(9-11-23)13-19-14-18-4-2-3-5-21(18)24-19;2*1-2/h2-7,12,17H,8-11,13-15H2,1H3;2*1-2H3/i13T;;. The van der Waals surface area contributed by atoms with Crippen LogP contribution in [-0.2, 0) is 11.8 Å². The Bertz CT molecular complexity index is 880. The van der Waals surface area contributed by atoms with Gasteiger partial charge in [-0.05, 0) is 68.2 Å². The zero-order chi connectivity index (χ0) is 21.7. The van der Waals surface area contributed by atoms with Gasteiger partial charge in [-0.15, -0.1) is 0 Å². The van der Waals surface area contributed by atoms with E-state index >= 15 is 0 Å². The number of ether oxygens (including phenoxy) is 1. The number of hydrogen-bond acceptors (Lipinski definition) is 2. The maximum Gasteiger partial charge on any atom is 0.123 e. The zero-order valence-corrected chi connectivity index (χ0v) is 18.8. The molecule has 5 rings (SSSR count). The quantitative estimate of drug-likeness (QED) is 0.515. The summed E-state index contributed by atoms with van der Waals surface area (Å²) in [6.45, 7) is 10.9. The molecular formula is C27H37NO. The fraction of sp³-hybridized carbons (Fsp3) is 0.519. The molecule has 2 aliphatic heterocycles. The first-order chi connectivity index (χ1) is 14.6. The van der Waals surface area contributed by atoms with Gasteiger partial charge in [-0.1, -0.05) is 58.0 Å². The van der Waals surface area contributed by atoms with Crippen LogP contribution in [0.1, 0.15) is 77.8 Å². The van der Waals surface area contributed by atoms with Crippen molar-refractivity contribution < 1.29 is 6.11 Å². The first-order valence-corrected chi connectivity index (χ1v) is 11.5. The number of benzene rings is 2. The highest BCUT2D eigenvalue weighted by Crippen LogP contribution is 2.50. The summed E-state index contributed by atoms with van der Waals surface area (Å²) in [6.07, 6.45) is 5.14. The molecule has 3 aliphatic rings. The summed E-state index contributed by atoms with van der Waals surface area (Å²) in [6, 6.07) is 15.0. The number of rotatable bonds is 2. The Morgan fingerprint density at radius 1 is 1.07 bits per heavy atom. The maximum absolute atomic E-state index is 8.81. The van der Waals surface area contributed by atoms with Crippen LogP contribution in [0.4, 0.5) is 5.69 Å². The molecule has 2 nitrogen and oxygen atoms in total. The van der Waals surface area contributed by atoms with E-state index in [4.69, 9.17) is 11.1 Å². The molecule has 0 N–H and O–H groups in total. The van der Waals surface area contributed by atoms with Gasteiger partial charge in [-0.3, -0.25) is 4.99 Å². The Morgan fingerprint density at radius 3 is 2.52 bits per heavy atom. The predicted octanol–water partition coefficient (Wildman–Crippen LogP) is 7.59.